The summed E-state index contributed by atoms with van der Waals surface area (Å²) in [5, 5.41) is 0. The van der Waals surface area contributed by atoms with Crippen molar-refractivity contribution in [3.05, 3.63) is 0 Å². The van der Waals surface area contributed by atoms with Crippen LogP contribution >= 0.6 is 0 Å². The van der Waals surface area contributed by atoms with Crippen molar-refractivity contribution in [2.75, 3.05) is 20.2 Å². The lowest BCUT2D eigenvalue weighted by atomic mass is 9.48. The molecule has 18 heavy (non-hydrogen) atoms. The van der Waals surface area contributed by atoms with E-state index in [4.69, 9.17) is 10.5 Å². The van der Waals surface area contributed by atoms with Crippen LogP contribution in [-0.2, 0) is 4.74 Å². The molecule has 3 heteroatoms. The number of likely N-dealkylation sites (N-methyl/N-ethyl adjacent to an activating group) is 1. The van der Waals surface area contributed by atoms with Crippen molar-refractivity contribution in [2.45, 2.75) is 57.7 Å². The van der Waals surface area contributed by atoms with Gasteiger partial charge < -0.3 is 15.4 Å². The second-order valence-corrected chi connectivity index (χ2v) is 7.44. The third kappa shape index (κ3) is 1.60. The van der Waals surface area contributed by atoms with Crippen LogP contribution in [0.25, 0.3) is 0 Å². The van der Waals surface area contributed by atoms with Gasteiger partial charge in [-0.3, -0.25) is 0 Å². The van der Waals surface area contributed by atoms with Gasteiger partial charge in [-0.15, -0.1) is 0 Å². The average Bonchev–Trinajstić information content (AvgIpc) is 3.04. The van der Waals surface area contributed by atoms with Gasteiger partial charge in [0.25, 0.3) is 0 Å². The van der Waals surface area contributed by atoms with Gasteiger partial charge in [0.2, 0.25) is 0 Å². The van der Waals surface area contributed by atoms with Crippen molar-refractivity contribution in [3.8, 4) is 0 Å². The number of nitrogens with zero attached hydrogens (tertiary/aromatic N) is 1. The summed E-state index contributed by atoms with van der Waals surface area (Å²) in [6, 6.07) is 0.683. The predicted molar refractivity (Wildman–Crippen MR) is 73.4 cm³/mol. The quantitative estimate of drug-likeness (QED) is 0.830. The van der Waals surface area contributed by atoms with E-state index in [9.17, 15) is 0 Å². The lowest BCUT2D eigenvalue weighted by Crippen LogP contribution is -2.78. The molecule has 0 spiro atoms. The Bertz CT molecular complexity index is 339. The molecule has 2 N–H and O–H groups in total. The fourth-order valence-electron chi connectivity index (χ4n) is 4.29. The molecule has 0 bridgehead atoms. The highest BCUT2D eigenvalue weighted by Crippen LogP contribution is 2.58. The highest BCUT2D eigenvalue weighted by molar-refractivity contribution is 5.21. The summed E-state index contributed by atoms with van der Waals surface area (Å²) in [4.78, 5) is 2.49. The van der Waals surface area contributed by atoms with Crippen molar-refractivity contribution < 1.29 is 4.74 Å². The normalized spacial score (nSPS) is 43.7. The molecule has 1 saturated heterocycles. The van der Waals surface area contributed by atoms with Gasteiger partial charge in [-0.05, 0) is 39.2 Å². The van der Waals surface area contributed by atoms with E-state index < -0.39 is 0 Å². The highest BCUT2D eigenvalue weighted by Gasteiger charge is 2.67. The predicted octanol–water partition coefficient (Wildman–Crippen LogP) is 1.86. The van der Waals surface area contributed by atoms with Crippen molar-refractivity contribution in [1.82, 2.24) is 4.90 Å². The Hall–Kier alpha value is -0.120. The van der Waals surface area contributed by atoms with Gasteiger partial charge in [-0.2, -0.15) is 0 Å². The van der Waals surface area contributed by atoms with Crippen LogP contribution in [-0.4, -0.2) is 42.8 Å². The second kappa shape index (κ2) is 3.94. The van der Waals surface area contributed by atoms with Gasteiger partial charge in [-0.25, -0.2) is 0 Å². The maximum atomic E-state index is 6.80. The fraction of sp³-hybridized carbons (Fsp3) is 1.00. The van der Waals surface area contributed by atoms with E-state index in [1.807, 2.05) is 0 Å². The first kappa shape index (κ1) is 12.9. The minimum atomic E-state index is -0.0634. The van der Waals surface area contributed by atoms with Crippen molar-refractivity contribution in [3.63, 3.8) is 0 Å². The largest absolute Gasteiger partial charge is 0.377 e. The van der Waals surface area contributed by atoms with Crippen LogP contribution in [0.15, 0.2) is 0 Å². The Labute approximate surface area is 111 Å². The smallest absolute Gasteiger partial charge is 0.0691 e. The van der Waals surface area contributed by atoms with E-state index in [2.05, 4.69) is 32.7 Å². The van der Waals surface area contributed by atoms with E-state index in [1.54, 1.807) is 0 Å². The van der Waals surface area contributed by atoms with Crippen LogP contribution in [0.4, 0.5) is 0 Å². The number of nitrogens with two attached hydrogens (primary N) is 1. The maximum Gasteiger partial charge on any atom is 0.0691 e. The summed E-state index contributed by atoms with van der Waals surface area (Å²) < 4.78 is 5.87. The lowest BCUT2D eigenvalue weighted by molar-refractivity contribution is -0.163. The van der Waals surface area contributed by atoms with Gasteiger partial charge in [0.15, 0.2) is 0 Å². The van der Waals surface area contributed by atoms with Gasteiger partial charge in [-0.1, -0.05) is 13.8 Å². The second-order valence-electron chi connectivity index (χ2n) is 7.44. The molecule has 2 aliphatic carbocycles. The molecular formula is C15H28N2O. The van der Waals surface area contributed by atoms with E-state index in [0.29, 0.717) is 18.1 Å². The first-order chi connectivity index (χ1) is 8.38. The van der Waals surface area contributed by atoms with Gasteiger partial charge in [0, 0.05) is 36.1 Å². The third-order valence-corrected chi connectivity index (χ3v) is 6.17. The molecule has 0 radical (unpaired) electrons. The molecule has 3 nitrogen and oxygen atoms in total. The number of ether oxygens (including phenoxy) is 1. The number of hydrogen-bond acceptors (Lipinski definition) is 3. The molecule has 0 amide bonds. The molecule has 3 aliphatic rings. The fourth-order valence-corrected chi connectivity index (χ4v) is 4.29. The average molecular weight is 252 g/mol. The molecule has 0 aromatic carbocycles. The molecule has 2 saturated carbocycles. The zero-order valence-corrected chi connectivity index (χ0v) is 12.3. The maximum absolute atomic E-state index is 6.80. The third-order valence-electron chi connectivity index (χ3n) is 6.17. The van der Waals surface area contributed by atoms with E-state index in [-0.39, 0.29) is 11.0 Å². The van der Waals surface area contributed by atoms with Crippen LogP contribution in [0.1, 0.15) is 40.0 Å². The van der Waals surface area contributed by atoms with Gasteiger partial charge >= 0.3 is 0 Å². The standard InChI is InChI=1S/C15H28N2O/c1-10(11-5-6-11)17(4)9-15(16)12-7-8-18-13(12)14(15,2)3/h10-13H,5-9,16H2,1-4H3. The lowest BCUT2D eigenvalue weighted by Gasteiger charge is -2.63. The van der Waals surface area contributed by atoms with Crippen molar-refractivity contribution in [2.24, 2.45) is 23.0 Å². The summed E-state index contributed by atoms with van der Waals surface area (Å²) in [7, 11) is 2.25. The zero-order valence-electron chi connectivity index (χ0n) is 12.3. The molecule has 3 fully saturated rings. The number of fused-ring (bicyclic) bond motifs is 1. The Morgan fingerprint density at radius 3 is 2.61 bits per heavy atom. The van der Waals surface area contributed by atoms with E-state index in [1.165, 1.54) is 12.8 Å². The molecule has 0 aromatic rings. The Morgan fingerprint density at radius 2 is 2.00 bits per heavy atom. The number of rotatable bonds is 4. The summed E-state index contributed by atoms with van der Waals surface area (Å²) in [6.07, 6.45) is 4.35. The minimum absolute atomic E-state index is 0.0634. The molecule has 4 atom stereocenters. The Morgan fingerprint density at radius 1 is 1.33 bits per heavy atom. The molecular weight excluding hydrogens is 224 g/mol. The SMILES string of the molecule is CC(C1CC1)N(C)CC1(N)C2CCOC2C1(C)C. The summed E-state index contributed by atoms with van der Waals surface area (Å²) >= 11 is 0. The molecule has 3 rings (SSSR count). The monoisotopic (exact) mass is 252 g/mol. The van der Waals surface area contributed by atoms with E-state index >= 15 is 0 Å². The van der Waals surface area contributed by atoms with Crippen molar-refractivity contribution >= 4 is 0 Å². The molecule has 1 aliphatic heterocycles. The van der Waals surface area contributed by atoms with Crippen LogP contribution in [0.2, 0.25) is 0 Å². The molecule has 1 heterocycles. The Balaban J connectivity index is 1.70. The first-order valence-electron chi connectivity index (χ1n) is 7.48. The Kier molecular flexibility index (Phi) is 2.82. The van der Waals surface area contributed by atoms with Gasteiger partial charge in [0.05, 0.1) is 6.10 Å². The van der Waals surface area contributed by atoms with Crippen LogP contribution in [0.3, 0.4) is 0 Å². The minimum Gasteiger partial charge on any atom is -0.377 e. The summed E-state index contributed by atoms with van der Waals surface area (Å²) in [6.45, 7) is 8.85. The molecule has 104 valence electrons. The number of hydrogen-bond donors (Lipinski definition) is 1. The van der Waals surface area contributed by atoms with Crippen LogP contribution in [0.5, 0.6) is 0 Å². The van der Waals surface area contributed by atoms with Crippen LogP contribution < -0.4 is 5.73 Å². The zero-order chi connectivity index (χ0) is 13.1. The van der Waals surface area contributed by atoms with E-state index in [0.717, 1.165) is 25.5 Å². The highest BCUT2D eigenvalue weighted by atomic mass is 16.5. The summed E-state index contributed by atoms with van der Waals surface area (Å²) in [5.74, 6) is 1.48. The molecule has 4 unspecified atom stereocenters. The van der Waals surface area contributed by atoms with Crippen molar-refractivity contribution in [1.29, 1.82) is 0 Å². The first-order valence-corrected chi connectivity index (χ1v) is 7.48. The summed E-state index contributed by atoms with van der Waals surface area (Å²) in [5.41, 5.74) is 6.86. The van der Waals surface area contributed by atoms with Gasteiger partial charge in [0.1, 0.15) is 0 Å². The topological polar surface area (TPSA) is 38.5 Å². The molecule has 0 aromatic heterocycles. The van der Waals surface area contributed by atoms with Crippen LogP contribution in [0, 0.1) is 17.3 Å².